The van der Waals surface area contributed by atoms with Gasteiger partial charge in [0.25, 0.3) is 5.91 Å². The van der Waals surface area contributed by atoms with Gasteiger partial charge < -0.3 is 4.90 Å². The third-order valence-electron chi connectivity index (χ3n) is 6.87. The third-order valence-corrected chi connectivity index (χ3v) is 6.87. The quantitative estimate of drug-likeness (QED) is 0.508. The number of hydrogen-bond donors (Lipinski definition) is 0. The van der Waals surface area contributed by atoms with Crippen LogP contribution in [0.4, 0.5) is 4.39 Å². The van der Waals surface area contributed by atoms with Gasteiger partial charge in [-0.1, -0.05) is 38.0 Å². The van der Waals surface area contributed by atoms with E-state index >= 15 is 0 Å². The maximum absolute atomic E-state index is 14.9. The summed E-state index contributed by atoms with van der Waals surface area (Å²) in [6.07, 6.45) is 5.99. The molecule has 5 nitrogen and oxygen atoms in total. The van der Waals surface area contributed by atoms with Crippen molar-refractivity contribution in [1.82, 2.24) is 19.5 Å². The third kappa shape index (κ3) is 3.72. The Balaban J connectivity index is 1.51. The van der Waals surface area contributed by atoms with Crippen molar-refractivity contribution in [2.45, 2.75) is 64.3 Å². The Bertz CT molecular complexity index is 1210. The Morgan fingerprint density at radius 3 is 2.75 bits per heavy atom. The van der Waals surface area contributed by atoms with Crippen LogP contribution in [0.5, 0.6) is 0 Å². The predicted octanol–water partition coefficient (Wildman–Crippen LogP) is 5.55. The molecule has 1 saturated carbocycles. The molecule has 32 heavy (non-hydrogen) atoms. The number of hydrogen-bond acceptors (Lipinski definition) is 3. The summed E-state index contributed by atoms with van der Waals surface area (Å²) in [5, 5.41) is 4.63. The molecule has 0 bridgehead atoms. The van der Waals surface area contributed by atoms with E-state index in [1.807, 2.05) is 24.0 Å². The molecular formula is C26H29FN4O. The fourth-order valence-electron chi connectivity index (χ4n) is 4.77. The summed E-state index contributed by atoms with van der Waals surface area (Å²) in [6, 6.07) is 9.15. The van der Waals surface area contributed by atoms with Gasteiger partial charge in [0.15, 0.2) is 5.65 Å². The lowest BCUT2D eigenvalue weighted by atomic mass is 10.1. The first kappa shape index (κ1) is 20.9. The number of aromatic nitrogens is 3. The molecule has 2 aliphatic rings. The van der Waals surface area contributed by atoms with Gasteiger partial charge in [0.1, 0.15) is 11.5 Å². The minimum Gasteiger partial charge on any atom is -0.335 e. The van der Waals surface area contributed by atoms with E-state index in [0.29, 0.717) is 29.0 Å². The van der Waals surface area contributed by atoms with Crippen LogP contribution < -0.4 is 0 Å². The van der Waals surface area contributed by atoms with Crippen LogP contribution in [0.25, 0.3) is 16.9 Å². The van der Waals surface area contributed by atoms with Crippen LogP contribution in [-0.2, 0) is 6.42 Å². The van der Waals surface area contributed by atoms with E-state index in [1.165, 1.54) is 0 Å². The molecule has 6 heteroatoms. The number of rotatable bonds is 4. The molecule has 1 amide bonds. The zero-order valence-electron chi connectivity index (χ0n) is 18.8. The molecular weight excluding hydrogens is 403 g/mol. The number of amides is 1. The summed E-state index contributed by atoms with van der Waals surface area (Å²) in [7, 11) is 0. The van der Waals surface area contributed by atoms with Gasteiger partial charge in [-0.05, 0) is 56.4 Å². The molecule has 0 spiro atoms. The number of halogens is 1. The van der Waals surface area contributed by atoms with Crippen LogP contribution in [-0.4, -0.2) is 38.0 Å². The SMILES string of the molecule is C=C1C[C@H]1c1ccc(-c2cc3nc(C(=O)N4CCCCC[C@H]4C)cc(CC)n3n2)c(F)c1. The fraction of sp³-hybridized carbons (Fsp3) is 0.423. The van der Waals surface area contributed by atoms with Crippen LogP contribution >= 0.6 is 0 Å². The van der Waals surface area contributed by atoms with E-state index < -0.39 is 0 Å². The average Bonchev–Trinajstić information content (AvgIpc) is 3.43. The van der Waals surface area contributed by atoms with Gasteiger partial charge in [-0.3, -0.25) is 4.79 Å². The van der Waals surface area contributed by atoms with Gasteiger partial charge in [0.05, 0.1) is 5.69 Å². The van der Waals surface area contributed by atoms with E-state index in [2.05, 4.69) is 23.6 Å². The van der Waals surface area contributed by atoms with Gasteiger partial charge >= 0.3 is 0 Å². The minimum absolute atomic E-state index is 0.0282. The van der Waals surface area contributed by atoms with E-state index in [-0.39, 0.29) is 23.7 Å². The highest BCUT2D eigenvalue weighted by Gasteiger charge is 2.30. The lowest BCUT2D eigenvalue weighted by molar-refractivity contribution is 0.0692. The zero-order valence-corrected chi connectivity index (χ0v) is 18.8. The Hall–Kier alpha value is -3.02. The van der Waals surface area contributed by atoms with Crippen LogP contribution in [0.1, 0.15) is 73.6 Å². The number of carbonyl (C=O) groups is 1. The lowest BCUT2D eigenvalue weighted by Gasteiger charge is -2.27. The number of nitrogens with zero attached hydrogens (tertiary/aromatic N) is 4. The molecule has 2 atom stereocenters. The minimum atomic E-state index is -0.293. The first-order chi connectivity index (χ1) is 15.5. The van der Waals surface area contributed by atoms with Crippen molar-refractivity contribution in [2.75, 3.05) is 6.54 Å². The van der Waals surface area contributed by atoms with Crippen molar-refractivity contribution in [3.8, 4) is 11.3 Å². The largest absolute Gasteiger partial charge is 0.335 e. The first-order valence-electron chi connectivity index (χ1n) is 11.6. The Kier molecular flexibility index (Phi) is 5.31. The highest BCUT2D eigenvalue weighted by Crippen LogP contribution is 2.46. The normalized spacial score (nSPS) is 21.1. The number of allylic oxidation sites excluding steroid dienone is 1. The molecule has 0 N–H and O–H groups in total. The Labute approximate surface area is 188 Å². The van der Waals surface area contributed by atoms with E-state index in [4.69, 9.17) is 0 Å². The maximum atomic E-state index is 14.9. The lowest BCUT2D eigenvalue weighted by Crippen LogP contribution is -2.38. The molecule has 1 saturated heterocycles. The van der Waals surface area contributed by atoms with E-state index in [9.17, 15) is 9.18 Å². The molecule has 1 aromatic carbocycles. The monoisotopic (exact) mass is 432 g/mol. The number of carbonyl (C=O) groups excluding carboxylic acids is 1. The topological polar surface area (TPSA) is 50.5 Å². The average molecular weight is 433 g/mol. The first-order valence-corrected chi connectivity index (χ1v) is 11.6. The number of aryl methyl sites for hydroxylation is 1. The Morgan fingerprint density at radius 1 is 1.22 bits per heavy atom. The molecule has 0 radical (unpaired) electrons. The highest BCUT2D eigenvalue weighted by atomic mass is 19.1. The van der Waals surface area contributed by atoms with Crippen molar-refractivity contribution >= 4 is 11.6 Å². The number of fused-ring (bicyclic) bond motifs is 1. The predicted molar refractivity (Wildman–Crippen MR) is 123 cm³/mol. The standard InChI is InChI=1S/C26H29FN4O/c1-4-19-14-24(26(32)30-11-7-5-6-8-17(30)3)28-25-15-23(29-31(19)25)20-10-9-18(13-22(20)27)21-12-16(21)2/h9-10,13-15,17,21H,2,4-8,11-12H2,1,3H3/t17-,21-/m1/s1. The van der Waals surface area contributed by atoms with Gasteiger partial charge in [-0.15, -0.1) is 0 Å². The summed E-state index contributed by atoms with van der Waals surface area (Å²) in [5.41, 5.74) is 4.99. The molecule has 2 aromatic heterocycles. The fourth-order valence-corrected chi connectivity index (χ4v) is 4.77. The van der Waals surface area contributed by atoms with Crippen LogP contribution in [0.15, 0.2) is 42.5 Å². The zero-order chi connectivity index (χ0) is 22.4. The molecule has 1 aliphatic heterocycles. The second kappa shape index (κ2) is 8.15. The number of likely N-dealkylation sites (tertiary alicyclic amines) is 1. The van der Waals surface area contributed by atoms with Crippen molar-refractivity contribution in [3.05, 3.63) is 65.3 Å². The van der Waals surface area contributed by atoms with Crippen LogP contribution in [0.2, 0.25) is 0 Å². The smallest absolute Gasteiger partial charge is 0.272 e. The summed E-state index contributed by atoms with van der Waals surface area (Å²) in [5.74, 6) is -0.0409. The summed E-state index contributed by atoms with van der Waals surface area (Å²) < 4.78 is 16.7. The van der Waals surface area contributed by atoms with Crippen molar-refractivity contribution in [1.29, 1.82) is 0 Å². The van der Waals surface area contributed by atoms with Gasteiger partial charge in [0.2, 0.25) is 0 Å². The second-order valence-electron chi connectivity index (χ2n) is 9.14. The molecule has 0 unspecified atom stereocenters. The van der Waals surface area contributed by atoms with Crippen LogP contribution in [0.3, 0.4) is 0 Å². The van der Waals surface area contributed by atoms with Crippen molar-refractivity contribution in [3.63, 3.8) is 0 Å². The van der Waals surface area contributed by atoms with E-state index in [1.54, 1.807) is 22.7 Å². The highest BCUT2D eigenvalue weighted by molar-refractivity contribution is 5.93. The molecule has 3 aromatic rings. The van der Waals surface area contributed by atoms with Crippen molar-refractivity contribution < 1.29 is 9.18 Å². The summed E-state index contributed by atoms with van der Waals surface area (Å²) in [6.45, 7) is 8.88. The Morgan fingerprint density at radius 2 is 2.03 bits per heavy atom. The molecule has 2 fully saturated rings. The van der Waals surface area contributed by atoms with E-state index in [0.717, 1.165) is 55.5 Å². The van der Waals surface area contributed by atoms with Crippen molar-refractivity contribution in [2.24, 2.45) is 0 Å². The molecule has 1 aliphatic carbocycles. The van der Waals surface area contributed by atoms with Gasteiger partial charge in [-0.2, -0.15) is 5.10 Å². The molecule has 5 rings (SSSR count). The summed E-state index contributed by atoms with van der Waals surface area (Å²) in [4.78, 5) is 19.9. The summed E-state index contributed by atoms with van der Waals surface area (Å²) >= 11 is 0. The van der Waals surface area contributed by atoms with Gasteiger partial charge in [-0.25, -0.2) is 13.9 Å². The second-order valence-corrected chi connectivity index (χ2v) is 9.14. The van der Waals surface area contributed by atoms with Gasteiger partial charge in [0, 0.05) is 35.8 Å². The number of benzene rings is 1. The van der Waals surface area contributed by atoms with Crippen LogP contribution in [0, 0.1) is 5.82 Å². The maximum Gasteiger partial charge on any atom is 0.272 e. The molecule has 3 heterocycles. The molecule has 166 valence electrons.